The standard InChI is InChI=1S/C14H19ClN2O2/c1-14(2)4-3-6-17(7-5-14)12-9-10(13(18)19)8-11(15)16-12/h8-9H,3-7H2,1-2H3,(H,18,19). The third kappa shape index (κ3) is 3.60. The number of hydrogen-bond donors (Lipinski definition) is 1. The molecule has 1 aliphatic heterocycles. The molecule has 0 unspecified atom stereocenters. The number of halogens is 1. The van der Waals surface area contributed by atoms with Gasteiger partial charge in [0.1, 0.15) is 11.0 Å². The van der Waals surface area contributed by atoms with Crippen LogP contribution < -0.4 is 4.90 Å². The SMILES string of the molecule is CC1(C)CCCN(c2cc(C(=O)O)cc(Cl)n2)CC1. The largest absolute Gasteiger partial charge is 0.478 e. The second-order valence-electron chi connectivity index (χ2n) is 5.85. The Morgan fingerprint density at radius 1 is 1.37 bits per heavy atom. The fourth-order valence-electron chi connectivity index (χ4n) is 2.42. The summed E-state index contributed by atoms with van der Waals surface area (Å²) in [5, 5.41) is 9.30. The van der Waals surface area contributed by atoms with Gasteiger partial charge in [0.05, 0.1) is 5.56 Å². The molecule has 19 heavy (non-hydrogen) atoms. The first-order chi connectivity index (χ1) is 8.87. The second-order valence-corrected chi connectivity index (χ2v) is 6.23. The lowest BCUT2D eigenvalue weighted by Crippen LogP contribution is -2.26. The van der Waals surface area contributed by atoms with E-state index in [1.54, 1.807) is 6.07 Å². The molecule has 0 amide bonds. The molecule has 2 heterocycles. The van der Waals surface area contributed by atoms with Gasteiger partial charge in [-0.3, -0.25) is 0 Å². The minimum absolute atomic E-state index is 0.193. The lowest BCUT2D eigenvalue weighted by atomic mass is 9.85. The molecule has 104 valence electrons. The van der Waals surface area contributed by atoms with Crippen molar-refractivity contribution >= 4 is 23.4 Å². The molecular formula is C14H19ClN2O2. The molecule has 1 N–H and O–H groups in total. The van der Waals surface area contributed by atoms with Gasteiger partial charge in [0.2, 0.25) is 0 Å². The van der Waals surface area contributed by atoms with Crippen molar-refractivity contribution in [1.82, 2.24) is 4.98 Å². The average Bonchev–Trinajstić information content (AvgIpc) is 2.49. The van der Waals surface area contributed by atoms with Crippen molar-refractivity contribution in [2.75, 3.05) is 18.0 Å². The third-order valence-electron chi connectivity index (χ3n) is 3.69. The van der Waals surface area contributed by atoms with Gasteiger partial charge in [0, 0.05) is 13.1 Å². The summed E-state index contributed by atoms with van der Waals surface area (Å²) in [6, 6.07) is 2.99. The number of rotatable bonds is 2. The first-order valence-corrected chi connectivity index (χ1v) is 6.91. The highest BCUT2D eigenvalue weighted by atomic mass is 35.5. The lowest BCUT2D eigenvalue weighted by Gasteiger charge is -2.24. The minimum atomic E-state index is -0.972. The summed E-state index contributed by atoms with van der Waals surface area (Å²) in [6.07, 6.45) is 3.34. The number of hydrogen-bond acceptors (Lipinski definition) is 3. The van der Waals surface area contributed by atoms with Crippen LogP contribution in [0.3, 0.4) is 0 Å². The molecule has 1 aromatic rings. The summed E-state index contributed by atoms with van der Waals surface area (Å²) in [4.78, 5) is 17.4. The third-order valence-corrected chi connectivity index (χ3v) is 3.89. The van der Waals surface area contributed by atoms with Crippen molar-refractivity contribution in [1.29, 1.82) is 0 Å². The number of pyridine rings is 1. The van der Waals surface area contributed by atoms with E-state index in [4.69, 9.17) is 16.7 Å². The predicted octanol–water partition coefficient (Wildman–Crippen LogP) is 3.45. The van der Waals surface area contributed by atoms with Gasteiger partial charge in [-0.25, -0.2) is 9.78 Å². The maximum atomic E-state index is 11.1. The monoisotopic (exact) mass is 282 g/mol. The number of carbonyl (C=O) groups is 1. The Labute approximate surface area is 118 Å². The van der Waals surface area contributed by atoms with Gasteiger partial charge in [-0.05, 0) is 36.8 Å². The van der Waals surface area contributed by atoms with Gasteiger partial charge in [-0.1, -0.05) is 25.4 Å². The first-order valence-electron chi connectivity index (χ1n) is 6.53. The summed E-state index contributed by atoms with van der Waals surface area (Å²) in [6.45, 7) is 6.32. The Hall–Kier alpha value is -1.29. The molecule has 0 radical (unpaired) electrons. The highest BCUT2D eigenvalue weighted by Crippen LogP contribution is 2.31. The van der Waals surface area contributed by atoms with E-state index in [-0.39, 0.29) is 10.7 Å². The molecule has 5 heteroatoms. The van der Waals surface area contributed by atoms with Crippen molar-refractivity contribution in [2.24, 2.45) is 5.41 Å². The van der Waals surface area contributed by atoms with Gasteiger partial charge in [-0.2, -0.15) is 0 Å². The number of aromatic carboxylic acids is 1. The van der Waals surface area contributed by atoms with E-state index < -0.39 is 5.97 Å². The molecule has 0 bridgehead atoms. The van der Waals surface area contributed by atoms with Crippen LogP contribution in [0.5, 0.6) is 0 Å². The summed E-state index contributed by atoms with van der Waals surface area (Å²) in [5.41, 5.74) is 0.529. The van der Waals surface area contributed by atoms with Crippen LogP contribution in [0.4, 0.5) is 5.82 Å². The maximum Gasteiger partial charge on any atom is 0.335 e. The summed E-state index contributed by atoms with van der Waals surface area (Å²) in [5.74, 6) is -0.302. The van der Waals surface area contributed by atoms with Crippen molar-refractivity contribution < 1.29 is 9.90 Å². The molecule has 1 fully saturated rings. The molecule has 4 nitrogen and oxygen atoms in total. The van der Waals surface area contributed by atoms with Crippen LogP contribution in [0.25, 0.3) is 0 Å². The van der Waals surface area contributed by atoms with Crippen molar-refractivity contribution in [3.05, 3.63) is 22.8 Å². The molecule has 1 aromatic heterocycles. The van der Waals surface area contributed by atoms with Crippen molar-refractivity contribution in [3.8, 4) is 0 Å². The van der Waals surface area contributed by atoms with E-state index in [2.05, 4.69) is 23.7 Å². The van der Waals surface area contributed by atoms with E-state index in [9.17, 15) is 4.79 Å². The highest BCUT2D eigenvalue weighted by molar-refractivity contribution is 6.29. The highest BCUT2D eigenvalue weighted by Gasteiger charge is 2.24. The van der Waals surface area contributed by atoms with Crippen molar-refractivity contribution in [2.45, 2.75) is 33.1 Å². The van der Waals surface area contributed by atoms with Crippen LogP contribution >= 0.6 is 11.6 Å². The number of carboxylic acid groups (broad SMARTS) is 1. The number of carboxylic acids is 1. The molecule has 1 saturated heterocycles. The molecule has 0 spiro atoms. The van der Waals surface area contributed by atoms with Gasteiger partial charge < -0.3 is 10.0 Å². The van der Waals surface area contributed by atoms with E-state index >= 15 is 0 Å². The molecule has 0 saturated carbocycles. The van der Waals surface area contributed by atoms with Gasteiger partial charge >= 0.3 is 5.97 Å². The molecule has 0 aliphatic carbocycles. The molecule has 0 aromatic carbocycles. The van der Waals surface area contributed by atoms with Gasteiger partial charge in [0.15, 0.2) is 0 Å². The Kier molecular flexibility index (Phi) is 3.99. The van der Waals surface area contributed by atoms with Crippen LogP contribution in [0.1, 0.15) is 43.5 Å². The average molecular weight is 283 g/mol. The number of nitrogens with zero attached hydrogens (tertiary/aromatic N) is 2. The molecule has 0 atom stereocenters. The van der Waals surface area contributed by atoms with E-state index in [1.807, 2.05) is 0 Å². The zero-order valence-electron chi connectivity index (χ0n) is 11.3. The van der Waals surface area contributed by atoms with Crippen LogP contribution in [-0.4, -0.2) is 29.1 Å². The second kappa shape index (κ2) is 5.37. The first kappa shape index (κ1) is 14.1. The Morgan fingerprint density at radius 2 is 2.11 bits per heavy atom. The van der Waals surface area contributed by atoms with Gasteiger partial charge in [-0.15, -0.1) is 0 Å². The Balaban J connectivity index is 2.24. The smallest absolute Gasteiger partial charge is 0.335 e. The predicted molar refractivity (Wildman–Crippen MR) is 76.1 cm³/mol. The zero-order valence-corrected chi connectivity index (χ0v) is 12.1. The Bertz CT molecular complexity index is 488. The van der Waals surface area contributed by atoms with Crippen LogP contribution in [-0.2, 0) is 0 Å². The molecule has 1 aliphatic rings. The minimum Gasteiger partial charge on any atom is -0.478 e. The quantitative estimate of drug-likeness (QED) is 0.844. The summed E-state index contributed by atoms with van der Waals surface area (Å²) < 4.78 is 0. The van der Waals surface area contributed by atoms with Gasteiger partial charge in [0.25, 0.3) is 0 Å². The van der Waals surface area contributed by atoms with E-state index in [0.717, 1.165) is 25.9 Å². The fraction of sp³-hybridized carbons (Fsp3) is 0.571. The zero-order chi connectivity index (χ0) is 14.0. The van der Waals surface area contributed by atoms with E-state index in [0.29, 0.717) is 11.2 Å². The van der Waals surface area contributed by atoms with Crippen LogP contribution in [0.2, 0.25) is 5.15 Å². The lowest BCUT2D eigenvalue weighted by molar-refractivity contribution is 0.0697. The Morgan fingerprint density at radius 3 is 2.79 bits per heavy atom. The fourth-order valence-corrected chi connectivity index (χ4v) is 2.62. The normalized spacial score (nSPS) is 19.0. The van der Waals surface area contributed by atoms with Crippen molar-refractivity contribution in [3.63, 3.8) is 0 Å². The number of aromatic nitrogens is 1. The summed E-state index contributed by atoms with van der Waals surface area (Å²) >= 11 is 5.91. The number of anilines is 1. The van der Waals surface area contributed by atoms with E-state index in [1.165, 1.54) is 12.5 Å². The van der Waals surface area contributed by atoms with Crippen LogP contribution in [0.15, 0.2) is 12.1 Å². The maximum absolute atomic E-state index is 11.1. The van der Waals surface area contributed by atoms with Crippen LogP contribution in [0, 0.1) is 5.41 Å². The summed E-state index contributed by atoms with van der Waals surface area (Å²) in [7, 11) is 0. The molecular weight excluding hydrogens is 264 g/mol. The molecule has 2 rings (SSSR count). The topological polar surface area (TPSA) is 53.4 Å².